The number of hydrogen-bond acceptors (Lipinski definition) is 4. The molecule has 114 valence electrons. The molecule has 0 aliphatic carbocycles. The molecule has 1 amide bonds. The Morgan fingerprint density at radius 3 is 2.33 bits per heavy atom. The normalized spacial score (nSPS) is 10.2. The molecule has 0 heterocycles. The first kappa shape index (κ1) is 16.9. The number of benzene rings is 1. The highest BCUT2D eigenvalue weighted by atomic mass is 16.5. The molecule has 5 nitrogen and oxygen atoms in total. The minimum absolute atomic E-state index is 0.0648. The number of nitrogens with one attached hydrogen (secondary N) is 1. The van der Waals surface area contributed by atoms with Crippen molar-refractivity contribution in [2.45, 2.75) is 39.2 Å². The van der Waals surface area contributed by atoms with Crippen LogP contribution in [0.1, 0.15) is 43.5 Å². The lowest BCUT2D eigenvalue weighted by Crippen LogP contribution is -2.27. The van der Waals surface area contributed by atoms with E-state index in [4.69, 9.17) is 4.74 Å². The molecule has 0 aliphatic heterocycles. The van der Waals surface area contributed by atoms with Gasteiger partial charge in [0.05, 0.1) is 12.5 Å². The number of rotatable bonds is 8. The summed E-state index contributed by atoms with van der Waals surface area (Å²) >= 11 is 0. The van der Waals surface area contributed by atoms with E-state index in [2.05, 4.69) is 5.32 Å². The Kier molecular flexibility index (Phi) is 7.15. The molecule has 0 spiro atoms. The lowest BCUT2D eigenvalue weighted by molar-refractivity contribution is -0.147. The molecule has 0 saturated carbocycles. The molecule has 0 aliphatic rings. The summed E-state index contributed by atoms with van der Waals surface area (Å²) in [7, 11) is 0. The summed E-state index contributed by atoms with van der Waals surface area (Å²) in [4.78, 5) is 34.6. The van der Waals surface area contributed by atoms with Gasteiger partial charge in [-0.15, -0.1) is 0 Å². The zero-order valence-electron chi connectivity index (χ0n) is 12.4. The van der Waals surface area contributed by atoms with E-state index in [1.165, 1.54) is 0 Å². The van der Waals surface area contributed by atoms with Crippen LogP contribution in [0.25, 0.3) is 0 Å². The molecule has 0 saturated heterocycles. The van der Waals surface area contributed by atoms with Gasteiger partial charge in [-0.3, -0.25) is 14.4 Å². The van der Waals surface area contributed by atoms with E-state index in [-0.39, 0.29) is 49.6 Å². The number of ketones is 1. The van der Waals surface area contributed by atoms with Gasteiger partial charge in [-0.2, -0.15) is 0 Å². The van der Waals surface area contributed by atoms with Crippen LogP contribution in [0.15, 0.2) is 30.3 Å². The van der Waals surface area contributed by atoms with Gasteiger partial charge < -0.3 is 10.1 Å². The molecule has 1 aromatic rings. The number of amides is 1. The smallest absolute Gasteiger partial charge is 0.307 e. The summed E-state index contributed by atoms with van der Waals surface area (Å²) in [6.07, 6.45) is 0.257. The highest BCUT2D eigenvalue weighted by molar-refractivity contribution is 5.97. The molecule has 0 bridgehead atoms. The van der Waals surface area contributed by atoms with Crippen LogP contribution in [0.2, 0.25) is 0 Å². The van der Waals surface area contributed by atoms with Gasteiger partial charge in [0.2, 0.25) is 5.91 Å². The van der Waals surface area contributed by atoms with Crippen molar-refractivity contribution in [2.75, 3.05) is 6.54 Å². The summed E-state index contributed by atoms with van der Waals surface area (Å²) in [5.41, 5.74) is 0.603. The van der Waals surface area contributed by atoms with Gasteiger partial charge >= 0.3 is 5.97 Å². The van der Waals surface area contributed by atoms with E-state index in [9.17, 15) is 14.4 Å². The maximum absolute atomic E-state index is 11.8. The second-order valence-corrected chi connectivity index (χ2v) is 4.93. The Morgan fingerprint density at radius 2 is 1.71 bits per heavy atom. The van der Waals surface area contributed by atoms with Gasteiger partial charge in [0.25, 0.3) is 0 Å². The van der Waals surface area contributed by atoms with Crippen LogP contribution in [0, 0.1) is 0 Å². The third-order valence-electron chi connectivity index (χ3n) is 2.69. The van der Waals surface area contributed by atoms with Crippen LogP contribution in [0.5, 0.6) is 0 Å². The Hall–Kier alpha value is -2.17. The number of ether oxygens (including phenoxy) is 1. The van der Waals surface area contributed by atoms with Crippen molar-refractivity contribution in [1.29, 1.82) is 0 Å². The van der Waals surface area contributed by atoms with E-state index in [1.807, 2.05) is 6.07 Å². The highest BCUT2D eigenvalue weighted by Gasteiger charge is 2.10. The highest BCUT2D eigenvalue weighted by Crippen LogP contribution is 2.04. The number of Topliss-reactive ketones (excluding diaryl/α,β-unsaturated/α-hetero) is 1. The van der Waals surface area contributed by atoms with Crippen molar-refractivity contribution in [3.05, 3.63) is 35.9 Å². The number of carbonyl (C=O) groups excluding carboxylic acids is 3. The molecule has 1 aromatic carbocycles. The Labute approximate surface area is 124 Å². The lowest BCUT2D eigenvalue weighted by Gasteiger charge is -2.08. The summed E-state index contributed by atoms with van der Waals surface area (Å²) in [6, 6.07) is 8.85. The zero-order valence-corrected chi connectivity index (χ0v) is 12.4. The number of esters is 1. The van der Waals surface area contributed by atoms with Gasteiger partial charge in [-0.05, 0) is 13.8 Å². The Balaban J connectivity index is 2.20. The molecule has 1 N–H and O–H groups in total. The largest absolute Gasteiger partial charge is 0.463 e. The van der Waals surface area contributed by atoms with Crippen LogP contribution in [0.4, 0.5) is 0 Å². The first-order valence-corrected chi connectivity index (χ1v) is 7.03. The van der Waals surface area contributed by atoms with Crippen molar-refractivity contribution in [3.8, 4) is 0 Å². The lowest BCUT2D eigenvalue weighted by atomic mass is 10.1. The van der Waals surface area contributed by atoms with Crippen LogP contribution in [-0.4, -0.2) is 30.3 Å². The minimum Gasteiger partial charge on any atom is -0.463 e. The predicted octanol–water partition coefficient (Wildman–Crippen LogP) is 2.11. The van der Waals surface area contributed by atoms with Crippen LogP contribution >= 0.6 is 0 Å². The third kappa shape index (κ3) is 7.25. The van der Waals surface area contributed by atoms with E-state index in [0.29, 0.717) is 5.56 Å². The fourth-order valence-corrected chi connectivity index (χ4v) is 1.71. The van der Waals surface area contributed by atoms with Gasteiger partial charge in [-0.25, -0.2) is 0 Å². The van der Waals surface area contributed by atoms with Gasteiger partial charge in [0.15, 0.2) is 5.78 Å². The van der Waals surface area contributed by atoms with E-state index >= 15 is 0 Å². The zero-order chi connectivity index (χ0) is 15.7. The van der Waals surface area contributed by atoms with Crippen molar-refractivity contribution in [3.63, 3.8) is 0 Å². The summed E-state index contributed by atoms with van der Waals surface area (Å²) in [6.45, 7) is 3.77. The fraction of sp³-hybridized carbons (Fsp3) is 0.438. The average Bonchev–Trinajstić information content (AvgIpc) is 2.45. The first-order valence-electron chi connectivity index (χ1n) is 7.03. The average molecular weight is 291 g/mol. The number of carbonyl (C=O) groups is 3. The second-order valence-electron chi connectivity index (χ2n) is 4.93. The molecular weight excluding hydrogens is 270 g/mol. The standard InChI is InChI=1S/C16H21NO4/c1-12(2)21-16(20)10-11-17-15(19)9-8-14(18)13-6-4-3-5-7-13/h3-7,12H,8-11H2,1-2H3,(H,17,19). The molecule has 0 unspecified atom stereocenters. The molecule has 21 heavy (non-hydrogen) atoms. The molecule has 5 heteroatoms. The quantitative estimate of drug-likeness (QED) is 0.588. The monoisotopic (exact) mass is 291 g/mol. The van der Waals surface area contributed by atoms with E-state index in [1.54, 1.807) is 38.1 Å². The Bertz CT molecular complexity index is 482. The van der Waals surface area contributed by atoms with Crippen molar-refractivity contribution in [2.24, 2.45) is 0 Å². The van der Waals surface area contributed by atoms with Gasteiger partial charge in [0.1, 0.15) is 0 Å². The molecule has 0 atom stereocenters. The fourth-order valence-electron chi connectivity index (χ4n) is 1.71. The van der Waals surface area contributed by atoms with Crippen molar-refractivity contribution < 1.29 is 19.1 Å². The van der Waals surface area contributed by atoms with E-state index in [0.717, 1.165) is 0 Å². The SMILES string of the molecule is CC(C)OC(=O)CCNC(=O)CCC(=O)c1ccccc1. The molecular formula is C16H21NO4. The third-order valence-corrected chi connectivity index (χ3v) is 2.69. The molecule has 1 rings (SSSR count). The van der Waals surface area contributed by atoms with Crippen molar-refractivity contribution >= 4 is 17.7 Å². The predicted molar refractivity (Wildman–Crippen MR) is 78.9 cm³/mol. The first-order chi connectivity index (χ1) is 9.99. The van der Waals surface area contributed by atoms with E-state index < -0.39 is 0 Å². The van der Waals surface area contributed by atoms with Gasteiger partial charge in [-0.1, -0.05) is 30.3 Å². The molecule has 0 fully saturated rings. The maximum Gasteiger partial charge on any atom is 0.307 e. The summed E-state index contributed by atoms with van der Waals surface area (Å²) in [5.74, 6) is -0.646. The Morgan fingerprint density at radius 1 is 1.05 bits per heavy atom. The molecule has 0 aromatic heterocycles. The summed E-state index contributed by atoms with van der Waals surface area (Å²) < 4.78 is 4.94. The minimum atomic E-state index is -0.342. The van der Waals surface area contributed by atoms with Crippen LogP contribution in [0.3, 0.4) is 0 Å². The number of hydrogen-bond donors (Lipinski definition) is 1. The topological polar surface area (TPSA) is 72.5 Å². The van der Waals surface area contributed by atoms with Gasteiger partial charge in [0, 0.05) is 24.9 Å². The van der Waals surface area contributed by atoms with Crippen LogP contribution in [-0.2, 0) is 14.3 Å². The summed E-state index contributed by atoms with van der Waals surface area (Å²) in [5, 5.41) is 2.60. The van der Waals surface area contributed by atoms with Crippen molar-refractivity contribution in [1.82, 2.24) is 5.32 Å². The maximum atomic E-state index is 11.8. The second kappa shape index (κ2) is 8.89. The van der Waals surface area contributed by atoms with Crippen LogP contribution < -0.4 is 5.32 Å². The molecule has 0 radical (unpaired) electrons.